The van der Waals surface area contributed by atoms with Gasteiger partial charge in [0.2, 0.25) is 5.91 Å². The molecule has 13 heavy (non-hydrogen) atoms. The number of hydrogen-bond donors (Lipinski definition) is 2. The van der Waals surface area contributed by atoms with E-state index in [9.17, 15) is 4.79 Å². The number of rotatable bonds is 5. The Balaban J connectivity index is 2.17. The van der Waals surface area contributed by atoms with Gasteiger partial charge in [0.15, 0.2) is 0 Å². The summed E-state index contributed by atoms with van der Waals surface area (Å²) < 4.78 is 0. The van der Waals surface area contributed by atoms with Gasteiger partial charge in [-0.05, 0) is 0 Å². The van der Waals surface area contributed by atoms with E-state index >= 15 is 0 Å². The summed E-state index contributed by atoms with van der Waals surface area (Å²) in [6.07, 6.45) is 5.27. The molecule has 5 nitrogen and oxygen atoms in total. The molecule has 0 aliphatic rings. The van der Waals surface area contributed by atoms with Crippen LogP contribution < -0.4 is 11.1 Å². The highest BCUT2D eigenvalue weighted by atomic mass is 16.1. The maximum Gasteiger partial charge on any atom is 0.218 e. The zero-order chi connectivity index (χ0) is 9.52. The molecule has 3 N–H and O–H groups in total. The summed E-state index contributed by atoms with van der Waals surface area (Å²) in [4.78, 5) is 18.3. The van der Waals surface area contributed by atoms with Gasteiger partial charge in [0, 0.05) is 38.1 Å². The van der Waals surface area contributed by atoms with Gasteiger partial charge in [0.1, 0.15) is 0 Å². The van der Waals surface area contributed by atoms with Crippen molar-refractivity contribution in [2.45, 2.75) is 13.0 Å². The van der Waals surface area contributed by atoms with Crippen LogP contribution in [0.3, 0.4) is 0 Å². The monoisotopic (exact) mass is 180 g/mol. The van der Waals surface area contributed by atoms with Crippen molar-refractivity contribution in [1.29, 1.82) is 0 Å². The Hall–Kier alpha value is -1.49. The van der Waals surface area contributed by atoms with Crippen LogP contribution in [0.15, 0.2) is 18.6 Å². The molecule has 0 aliphatic carbocycles. The highest BCUT2D eigenvalue weighted by Gasteiger charge is 1.95. The molecule has 0 bridgehead atoms. The lowest BCUT2D eigenvalue weighted by molar-refractivity contribution is -0.117. The highest BCUT2D eigenvalue weighted by Crippen LogP contribution is 1.88. The molecule has 0 aromatic carbocycles. The summed E-state index contributed by atoms with van der Waals surface area (Å²) in [7, 11) is 0. The molecular weight excluding hydrogens is 168 g/mol. The number of aromatic nitrogens is 2. The van der Waals surface area contributed by atoms with Crippen molar-refractivity contribution in [2.24, 2.45) is 5.73 Å². The van der Waals surface area contributed by atoms with Gasteiger partial charge in [-0.2, -0.15) is 0 Å². The molecule has 0 saturated carbocycles. The van der Waals surface area contributed by atoms with Crippen molar-refractivity contribution in [2.75, 3.05) is 6.54 Å². The molecule has 0 radical (unpaired) electrons. The largest absolute Gasteiger partial charge is 0.370 e. The first-order valence-electron chi connectivity index (χ1n) is 4.03. The van der Waals surface area contributed by atoms with E-state index in [0.717, 1.165) is 5.69 Å². The Kier molecular flexibility index (Phi) is 3.84. The number of nitrogens with zero attached hydrogens (tertiary/aromatic N) is 2. The molecule has 1 aromatic heterocycles. The SMILES string of the molecule is NC(=O)CCNCc1cnccn1. The fourth-order valence-corrected chi connectivity index (χ4v) is 0.849. The summed E-state index contributed by atoms with van der Waals surface area (Å²) in [6, 6.07) is 0. The smallest absolute Gasteiger partial charge is 0.218 e. The van der Waals surface area contributed by atoms with Gasteiger partial charge < -0.3 is 11.1 Å². The molecule has 0 unspecified atom stereocenters. The zero-order valence-electron chi connectivity index (χ0n) is 7.23. The predicted molar refractivity (Wildman–Crippen MR) is 47.6 cm³/mol. The number of carbonyl (C=O) groups excluding carboxylic acids is 1. The number of carbonyl (C=O) groups is 1. The molecule has 1 rings (SSSR count). The van der Waals surface area contributed by atoms with Crippen LogP contribution in [0.1, 0.15) is 12.1 Å². The van der Waals surface area contributed by atoms with E-state index in [1.807, 2.05) is 0 Å². The minimum absolute atomic E-state index is 0.299. The molecule has 0 saturated heterocycles. The first-order valence-corrected chi connectivity index (χ1v) is 4.03. The maximum atomic E-state index is 10.4. The van der Waals surface area contributed by atoms with Crippen LogP contribution in [0.5, 0.6) is 0 Å². The molecular formula is C8H12N4O. The van der Waals surface area contributed by atoms with Crippen molar-refractivity contribution in [1.82, 2.24) is 15.3 Å². The third-order valence-electron chi connectivity index (χ3n) is 1.47. The molecule has 1 heterocycles. The van der Waals surface area contributed by atoms with Gasteiger partial charge in [0.05, 0.1) is 5.69 Å². The van der Waals surface area contributed by atoms with Gasteiger partial charge in [0.25, 0.3) is 0 Å². The lowest BCUT2D eigenvalue weighted by Crippen LogP contribution is -2.21. The van der Waals surface area contributed by atoms with E-state index < -0.39 is 0 Å². The molecule has 1 aromatic rings. The second-order valence-corrected chi connectivity index (χ2v) is 2.59. The number of nitrogens with one attached hydrogen (secondary N) is 1. The van der Waals surface area contributed by atoms with E-state index in [1.54, 1.807) is 18.6 Å². The molecule has 0 spiro atoms. The lowest BCUT2D eigenvalue weighted by Gasteiger charge is -2.00. The molecule has 70 valence electrons. The van der Waals surface area contributed by atoms with Crippen LogP contribution in [-0.2, 0) is 11.3 Å². The average molecular weight is 180 g/mol. The summed E-state index contributed by atoms with van der Waals surface area (Å²) in [5, 5.41) is 3.03. The Labute approximate surface area is 76.4 Å². The topological polar surface area (TPSA) is 80.9 Å². The predicted octanol–water partition coefficient (Wildman–Crippen LogP) is -0.558. The van der Waals surface area contributed by atoms with E-state index in [0.29, 0.717) is 19.5 Å². The van der Waals surface area contributed by atoms with Gasteiger partial charge >= 0.3 is 0 Å². The standard InChI is InChI=1S/C8H12N4O/c9-8(13)1-2-10-5-7-6-11-3-4-12-7/h3-4,6,10H,1-2,5H2,(H2,9,13). The van der Waals surface area contributed by atoms with Crippen LogP contribution in [0, 0.1) is 0 Å². The fourth-order valence-electron chi connectivity index (χ4n) is 0.849. The Morgan fingerprint density at radius 3 is 3.00 bits per heavy atom. The first kappa shape index (κ1) is 9.60. The third kappa shape index (κ3) is 4.17. The lowest BCUT2D eigenvalue weighted by atomic mass is 10.4. The van der Waals surface area contributed by atoms with Gasteiger partial charge in [-0.1, -0.05) is 0 Å². The quantitative estimate of drug-likeness (QED) is 0.595. The van der Waals surface area contributed by atoms with Crippen molar-refractivity contribution >= 4 is 5.91 Å². The molecule has 0 fully saturated rings. The Morgan fingerprint density at radius 2 is 2.38 bits per heavy atom. The van der Waals surface area contributed by atoms with Crippen LogP contribution in [0.4, 0.5) is 0 Å². The highest BCUT2D eigenvalue weighted by molar-refractivity contribution is 5.73. The van der Waals surface area contributed by atoms with Crippen LogP contribution in [0.2, 0.25) is 0 Å². The number of hydrogen-bond acceptors (Lipinski definition) is 4. The van der Waals surface area contributed by atoms with Crippen LogP contribution in [-0.4, -0.2) is 22.4 Å². The average Bonchev–Trinajstić information content (AvgIpc) is 2.14. The summed E-state index contributed by atoms with van der Waals surface area (Å²) in [5.41, 5.74) is 5.82. The summed E-state index contributed by atoms with van der Waals surface area (Å²) >= 11 is 0. The second kappa shape index (κ2) is 5.21. The molecule has 5 heteroatoms. The number of amides is 1. The summed E-state index contributed by atoms with van der Waals surface area (Å²) in [5.74, 6) is -0.299. The van der Waals surface area contributed by atoms with E-state index in [2.05, 4.69) is 15.3 Å². The van der Waals surface area contributed by atoms with Crippen molar-refractivity contribution in [3.63, 3.8) is 0 Å². The van der Waals surface area contributed by atoms with Crippen molar-refractivity contribution in [3.05, 3.63) is 24.3 Å². The summed E-state index contributed by atoms with van der Waals surface area (Å²) in [6.45, 7) is 1.19. The normalized spacial score (nSPS) is 9.85. The number of primary amides is 1. The number of nitrogens with two attached hydrogens (primary N) is 1. The van der Waals surface area contributed by atoms with Gasteiger partial charge in [-0.15, -0.1) is 0 Å². The van der Waals surface area contributed by atoms with Crippen LogP contribution >= 0.6 is 0 Å². The maximum absolute atomic E-state index is 10.4. The third-order valence-corrected chi connectivity index (χ3v) is 1.47. The fraction of sp³-hybridized carbons (Fsp3) is 0.375. The van der Waals surface area contributed by atoms with Crippen LogP contribution in [0.25, 0.3) is 0 Å². The van der Waals surface area contributed by atoms with E-state index in [-0.39, 0.29) is 5.91 Å². The van der Waals surface area contributed by atoms with E-state index in [4.69, 9.17) is 5.73 Å². The molecule has 0 aliphatic heterocycles. The van der Waals surface area contributed by atoms with Crippen molar-refractivity contribution < 1.29 is 4.79 Å². The first-order chi connectivity index (χ1) is 6.29. The minimum atomic E-state index is -0.299. The zero-order valence-corrected chi connectivity index (χ0v) is 7.23. The van der Waals surface area contributed by atoms with Gasteiger partial charge in [-0.3, -0.25) is 14.8 Å². The molecule has 0 atom stereocenters. The Morgan fingerprint density at radius 1 is 1.54 bits per heavy atom. The van der Waals surface area contributed by atoms with Crippen molar-refractivity contribution in [3.8, 4) is 0 Å². The van der Waals surface area contributed by atoms with Gasteiger partial charge in [-0.25, -0.2) is 0 Å². The van der Waals surface area contributed by atoms with E-state index in [1.165, 1.54) is 0 Å². The molecule has 1 amide bonds. The second-order valence-electron chi connectivity index (χ2n) is 2.59. The minimum Gasteiger partial charge on any atom is -0.370 e. The Bertz CT molecular complexity index is 262.